The van der Waals surface area contributed by atoms with Gasteiger partial charge in [-0.1, -0.05) is 31.2 Å². The molecule has 0 saturated carbocycles. The van der Waals surface area contributed by atoms with Crippen LogP contribution in [-0.4, -0.2) is 23.7 Å². The van der Waals surface area contributed by atoms with Crippen LogP contribution in [0.5, 0.6) is 0 Å². The number of aliphatic hydroxyl groups excluding tert-OH is 1. The average molecular weight is 275 g/mol. The van der Waals surface area contributed by atoms with Crippen molar-refractivity contribution in [1.29, 1.82) is 0 Å². The van der Waals surface area contributed by atoms with Crippen molar-refractivity contribution in [3.05, 3.63) is 47.8 Å². The van der Waals surface area contributed by atoms with E-state index in [1.807, 2.05) is 6.92 Å². The van der Waals surface area contributed by atoms with E-state index in [2.05, 4.69) is 5.32 Å². The van der Waals surface area contributed by atoms with Crippen LogP contribution in [-0.2, 0) is 0 Å². The third-order valence-electron chi connectivity index (χ3n) is 3.35. The van der Waals surface area contributed by atoms with Crippen molar-refractivity contribution in [3.63, 3.8) is 0 Å². The number of fused-ring (bicyclic) bond motifs is 1. The third-order valence-corrected chi connectivity index (χ3v) is 3.35. The zero-order valence-electron chi connectivity index (χ0n) is 11.4. The highest BCUT2D eigenvalue weighted by atomic mass is 19.1. The fraction of sp³-hybridized carbons (Fsp3) is 0.312. The summed E-state index contributed by atoms with van der Waals surface area (Å²) < 4.78 is 13.7. The largest absolute Gasteiger partial charge is 0.393 e. The zero-order valence-corrected chi connectivity index (χ0v) is 11.4. The molecule has 0 aliphatic carbocycles. The van der Waals surface area contributed by atoms with Crippen LogP contribution in [0, 0.1) is 5.82 Å². The number of carbonyl (C=O) groups is 1. The molecule has 2 N–H and O–H groups in total. The lowest BCUT2D eigenvalue weighted by Gasteiger charge is -2.10. The van der Waals surface area contributed by atoms with Crippen molar-refractivity contribution in [2.75, 3.05) is 6.54 Å². The molecule has 0 aliphatic rings. The lowest BCUT2D eigenvalue weighted by Crippen LogP contribution is -2.27. The topological polar surface area (TPSA) is 49.3 Å². The van der Waals surface area contributed by atoms with Gasteiger partial charge < -0.3 is 10.4 Å². The van der Waals surface area contributed by atoms with Crippen molar-refractivity contribution in [2.45, 2.75) is 25.9 Å². The Bertz CT molecular complexity index is 612. The van der Waals surface area contributed by atoms with E-state index in [9.17, 15) is 14.3 Å². The maximum atomic E-state index is 13.7. The quantitative estimate of drug-likeness (QED) is 0.881. The van der Waals surface area contributed by atoms with E-state index >= 15 is 0 Å². The smallest absolute Gasteiger partial charge is 0.251 e. The number of carbonyl (C=O) groups excluding carboxylic acids is 1. The fourth-order valence-electron chi connectivity index (χ4n) is 2.11. The van der Waals surface area contributed by atoms with Crippen LogP contribution in [0.4, 0.5) is 4.39 Å². The summed E-state index contributed by atoms with van der Waals surface area (Å²) in [5.74, 6) is -0.581. The minimum absolute atomic E-state index is 0.246. The maximum Gasteiger partial charge on any atom is 0.251 e. The summed E-state index contributed by atoms with van der Waals surface area (Å²) in [6.45, 7) is 2.29. The molecule has 106 valence electrons. The SMILES string of the molecule is CCC(O)CCNC(=O)c1ccc(F)c2ccccc12. The lowest BCUT2D eigenvalue weighted by atomic mass is 10.0. The van der Waals surface area contributed by atoms with Gasteiger partial charge in [-0.05, 0) is 30.4 Å². The molecule has 4 heteroatoms. The molecule has 0 saturated heterocycles. The first kappa shape index (κ1) is 14.5. The average Bonchev–Trinajstić information content (AvgIpc) is 2.47. The molecule has 1 atom stereocenters. The van der Waals surface area contributed by atoms with Crippen molar-refractivity contribution >= 4 is 16.7 Å². The van der Waals surface area contributed by atoms with Gasteiger partial charge in [0, 0.05) is 17.5 Å². The summed E-state index contributed by atoms with van der Waals surface area (Å²) >= 11 is 0. The van der Waals surface area contributed by atoms with Crippen LogP contribution in [0.15, 0.2) is 36.4 Å². The molecule has 0 radical (unpaired) electrons. The number of halogens is 1. The predicted octanol–water partition coefficient (Wildman–Crippen LogP) is 2.87. The molecule has 0 fully saturated rings. The van der Waals surface area contributed by atoms with Gasteiger partial charge in [0.05, 0.1) is 6.10 Å². The van der Waals surface area contributed by atoms with E-state index in [-0.39, 0.29) is 11.7 Å². The highest BCUT2D eigenvalue weighted by Crippen LogP contribution is 2.21. The Morgan fingerprint density at radius 3 is 2.65 bits per heavy atom. The standard InChI is InChI=1S/C16H18FNO2/c1-2-11(19)9-10-18-16(20)14-7-8-15(17)13-6-4-3-5-12(13)14/h3-8,11,19H,2,9-10H2,1H3,(H,18,20). The highest BCUT2D eigenvalue weighted by molar-refractivity contribution is 6.07. The monoisotopic (exact) mass is 275 g/mol. The first-order chi connectivity index (χ1) is 9.63. The molecule has 1 unspecified atom stereocenters. The van der Waals surface area contributed by atoms with Crippen LogP contribution < -0.4 is 5.32 Å². The molecule has 2 aromatic carbocycles. The fourth-order valence-corrected chi connectivity index (χ4v) is 2.11. The van der Waals surface area contributed by atoms with Gasteiger partial charge in [0.15, 0.2) is 0 Å². The van der Waals surface area contributed by atoms with Crippen LogP contribution in [0.25, 0.3) is 10.8 Å². The van der Waals surface area contributed by atoms with Crippen molar-refractivity contribution < 1.29 is 14.3 Å². The summed E-state index contributed by atoms with van der Waals surface area (Å²) in [7, 11) is 0. The molecule has 0 aliphatic heterocycles. The molecule has 0 aromatic heterocycles. The Morgan fingerprint density at radius 2 is 1.95 bits per heavy atom. The molecule has 2 rings (SSSR count). The Balaban J connectivity index is 2.16. The minimum atomic E-state index is -0.403. The van der Waals surface area contributed by atoms with Crippen LogP contribution in [0.3, 0.4) is 0 Å². The van der Waals surface area contributed by atoms with Gasteiger partial charge in [-0.15, -0.1) is 0 Å². The van der Waals surface area contributed by atoms with E-state index in [0.29, 0.717) is 35.7 Å². The Morgan fingerprint density at radius 1 is 1.25 bits per heavy atom. The van der Waals surface area contributed by atoms with Crippen LogP contribution in [0.2, 0.25) is 0 Å². The molecule has 0 spiro atoms. The first-order valence-corrected chi connectivity index (χ1v) is 6.77. The van der Waals surface area contributed by atoms with Crippen molar-refractivity contribution in [3.8, 4) is 0 Å². The number of hydrogen-bond donors (Lipinski definition) is 2. The van der Waals surface area contributed by atoms with Crippen LogP contribution >= 0.6 is 0 Å². The van der Waals surface area contributed by atoms with Gasteiger partial charge in [0.1, 0.15) is 5.82 Å². The highest BCUT2D eigenvalue weighted by Gasteiger charge is 2.12. The number of aliphatic hydroxyl groups is 1. The van der Waals surface area contributed by atoms with Gasteiger partial charge in [-0.25, -0.2) is 4.39 Å². The van der Waals surface area contributed by atoms with E-state index in [0.717, 1.165) is 0 Å². The molecular formula is C16H18FNO2. The Labute approximate surface area is 117 Å². The Kier molecular flexibility index (Phi) is 4.69. The molecular weight excluding hydrogens is 257 g/mol. The van der Waals surface area contributed by atoms with Gasteiger partial charge in [0.25, 0.3) is 5.91 Å². The van der Waals surface area contributed by atoms with Gasteiger partial charge in [-0.2, -0.15) is 0 Å². The summed E-state index contributed by atoms with van der Waals surface area (Å²) in [6, 6.07) is 9.70. The lowest BCUT2D eigenvalue weighted by molar-refractivity contribution is 0.0943. The van der Waals surface area contributed by atoms with Crippen molar-refractivity contribution in [2.24, 2.45) is 0 Å². The molecule has 20 heavy (non-hydrogen) atoms. The molecule has 3 nitrogen and oxygen atoms in total. The number of nitrogens with one attached hydrogen (secondary N) is 1. The van der Waals surface area contributed by atoms with Gasteiger partial charge in [-0.3, -0.25) is 4.79 Å². The van der Waals surface area contributed by atoms with Crippen molar-refractivity contribution in [1.82, 2.24) is 5.32 Å². The second-order valence-electron chi connectivity index (χ2n) is 4.75. The number of rotatable bonds is 5. The maximum absolute atomic E-state index is 13.7. The van der Waals surface area contributed by atoms with Gasteiger partial charge >= 0.3 is 0 Å². The number of hydrogen-bond acceptors (Lipinski definition) is 2. The normalized spacial score (nSPS) is 12.3. The van der Waals surface area contributed by atoms with E-state index in [1.54, 1.807) is 24.3 Å². The second-order valence-corrected chi connectivity index (χ2v) is 4.75. The van der Waals surface area contributed by atoms with E-state index in [4.69, 9.17) is 0 Å². The van der Waals surface area contributed by atoms with Gasteiger partial charge in [0.2, 0.25) is 0 Å². The first-order valence-electron chi connectivity index (χ1n) is 6.77. The summed E-state index contributed by atoms with van der Waals surface area (Å²) in [5.41, 5.74) is 0.452. The van der Waals surface area contributed by atoms with Crippen LogP contribution in [0.1, 0.15) is 30.1 Å². The molecule has 0 heterocycles. The third kappa shape index (κ3) is 3.14. The summed E-state index contributed by atoms with van der Waals surface area (Å²) in [5, 5.41) is 13.2. The number of benzene rings is 2. The summed E-state index contributed by atoms with van der Waals surface area (Å²) in [4.78, 5) is 12.1. The predicted molar refractivity (Wildman–Crippen MR) is 77.2 cm³/mol. The summed E-state index contributed by atoms with van der Waals surface area (Å²) in [6.07, 6.45) is 0.775. The molecule has 1 amide bonds. The number of amides is 1. The molecule has 2 aromatic rings. The van der Waals surface area contributed by atoms with E-state index in [1.165, 1.54) is 12.1 Å². The van der Waals surface area contributed by atoms with E-state index < -0.39 is 6.10 Å². The second kappa shape index (κ2) is 6.48. The zero-order chi connectivity index (χ0) is 14.5. The minimum Gasteiger partial charge on any atom is -0.393 e. The Hall–Kier alpha value is -1.94. The molecule has 0 bridgehead atoms.